The first-order valence-corrected chi connectivity index (χ1v) is 6.35. The highest BCUT2D eigenvalue weighted by molar-refractivity contribution is 5.95. The van der Waals surface area contributed by atoms with Crippen molar-refractivity contribution >= 4 is 17.5 Å². The maximum Gasteiger partial charge on any atom is 0.243 e. The first kappa shape index (κ1) is 12.6. The van der Waals surface area contributed by atoms with Gasteiger partial charge in [-0.3, -0.25) is 9.59 Å². The van der Waals surface area contributed by atoms with E-state index in [-0.39, 0.29) is 24.3 Å². The van der Waals surface area contributed by atoms with E-state index in [0.717, 1.165) is 24.9 Å². The molecular formula is C14H18N2O2. The molecule has 1 fully saturated rings. The van der Waals surface area contributed by atoms with E-state index in [0.29, 0.717) is 0 Å². The summed E-state index contributed by atoms with van der Waals surface area (Å²) in [5.41, 5.74) is 1.99. The number of rotatable bonds is 5. The Hall–Kier alpha value is -1.84. The van der Waals surface area contributed by atoms with Crippen LogP contribution in [0.15, 0.2) is 24.3 Å². The molecule has 0 atom stereocenters. The Morgan fingerprint density at radius 3 is 2.44 bits per heavy atom. The minimum absolute atomic E-state index is 0.00789. The molecule has 0 radical (unpaired) electrons. The quantitative estimate of drug-likeness (QED) is 0.831. The van der Waals surface area contributed by atoms with Crippen molar-refractivity contribution < 1.29 is 9.59 Å². The monoisotopic (exact) mass is 246 g/mol. The molecule has 0 saturated heterocycles. The number of carbonyl (C=O) groups excluding carboxylic acids is 2. The minimum atomic E-state index is -0.187. The molecule has 1 aromatic rings. The Morgan fingerprint density at radius 2 is 1.89 bits per heavy atom. The van der Waals surface area contributed by atoms with Gasteiger partial charge in [0.15, 0.2) is 0 Å². The molecule has 1 saturated carbocycles. The third kappa shape index (κ3) is 3.58. The second kappa shape index (κ2) is 5.67. The first-order valence-electron chi connectivity index (χ1n) is 6.35. The predicted molar refractivity (Wildman–Crippen MR) is 70.2 cm³/mol. The second-order valence-electron chi connectivity index (χ2n) is 4.59. The number of anilines is 1. The largest absolute Gasteiger partial charge is 0.347 e. The number of amides is 2. The van der Waals surface area contributed by atoms with Crippen molar-refractivity contribution in [2.75, 3.05) is 11.9 Å². The van der Waals surface area contributed by atoms with Crippen LogP contribution in [0.4, 0.5) is 5.69 Å². The highest BCUT2D eigenvalue weighted by Gasteiger charge is 2.29. The molecular weight excluding hydrogens is 228 g/mol. The van der Waals surface area contributed by atoms with Crippen molar-refractivity contribution in [2.45, 2.75) is 26.2 Å². The van der Waals surface area contributed by atoms with Gasteiger partial charge in [0.1, 0.15) is 0 Å². The van der Waals surface area contributed by atoms with Crippen molar-refractivity contribution in [1.82, 2.24) is 5.32 Å². The maximum atomic E-state index is 11.6. The lowest BCUT2D eigenvalue weighted by Crippen LogP contribution is -2.33. The van der Waals surface area contributed by atoms with Crippen molar-refractivity contribution in [3.05, 3.63) is 29.8 Å². The Kier molecular flexibility index (Phi) is 3.97. The summed E-state index contributed by atoms with van der Waals surface area (Å²) in [6, 6.07) is 7.72. The highest BCUT2D eigenvalue weighted by atomic mass is 16.2. The molecule has 4 heteroatoms. The Bertz CT molecular complexity index is 436. The normalized spacial score (nSPS) is 14.1. The van der Waals surface area contributed by atoms with E-state index >= 15 is 0 Å². The van der Waals surface area contributed by atoms with E-state index in [9.17, 15) is 9.59 Å². The van der Waals surface area contributed by atoms with Crippen molar-refractivity contribution in [3.8, 4) is 0 Å². The predicted octanol–water partition coefficient (Wildman–Crippen LogP) is 1.71. The summed E-state index contributed by atoms with van der Waals surface area (Å²) in [4.78, 5) is 22.9. The molecule has 18 heavy (non-hydrogen) atoms. The molecule has 1 aliphatic carbocycles. The first-order chi connectivity index (χ1) is 8.69. The minimum Gasteiger partial charge on any atom is -0.347 e. The molecule has 96 valence electrons. The zero-order valence-electron chi connectivity index (χ0n) is 10.5. The van der Waals surface area contributed by atoms with Gasteiger partial charge in [-0.15, -0.1) is 0 Å². The van der Waals surface area contributed by atoms with E-state index in [1.54, 1.807) is 0 Å². The fraction of sp³-hybridized carbons (Fsp3) is 0.429. The van der Waals surface area contributed by atoms with Crippen molar-refractivity contribution in [3.63, 3.8) is 0 Å². The van der Waals surface area contributed by atoms with Crippen LogP contribution in [0.5, 0.6) is 0 Å². The summed E-state index contributed by atoms with van der Waals surface area (Å²) in [6.07, 6.45) is 2.88. The molecule has 1 aliphatic rings. The molecule has 4 nitrogen and oxygen atoms in total. The average Bonchev–Trinajstić information content (AvgIpc) is 3.21. The van der Waals surface area contributed by atoms with Crippen LogP contribution in [0.2, 0.25) is 0 Å². The number of hydrogen-bond donors (Lipinski definition) is 2. The average molecular weight is 246 g/mol. The van der Waals surface area contributed by atoms with Gasteiger partial charge in [0.2, 0.25) is 11.8 Å². The summed E-state index contributed by atoms with van der Waals surface area (Å²) in [5, 5.41) is 5.39. The van der Waals surface area contributed by atoms with Gasteiger partial charge < -0.3 is 10.6 Å². The van der Waals surface area contributed by atoms with Gasteiger partial charge in [-0.2, -0.15) is 0 Å². The lowest BCUT2D eigenvalue weighted by atomic mass is 10.1. The number of benzene rings is 1. The molecule has 0 aliphatic heterocycles. The molecule has 1 aromatic carbocycles. The van der Waals surface area contributed by atoms with Gasteiger partial charge in [0, 0.05) is 11.6 Å². The molecule has 0 heterocycles. The number of hydrogen-bond acceptors (Lipinski definition) is 2. The Labute approximate surface area is 107 Å². The van der Waals surface area contributed by atoms with Crippen LogP contribution >= 0.6 is 0 Å². The molecule has 0 spiro atoms. The smallest absolute Gasteiger partial charge is 0.243 e. The van der Waals surface area contributed by atoms with Gasteiger partial charge >= 0.3 is 0 Å². The molecule has 2 rings (SSSR count). The standard InChI is InChI=1S/C14H18N2O2/c1-2-10-3-7-12(8-4-10)16-13(17)9-15-14(18)11-5-6-11/h3-4,7-8,11H,2,5-6,9H2,1H3,(H,15,18)(H,16,17). The number of nitrogens with one attached hydrogen (secondary N) is 2. The fourth-order valence-corrected chi connectivity index (χ4v) is 1.69. The Morgan fingerprint density at radius 1 is 1.22 bits per heavy atom. The van der Waals surface area contributed by atoms with Gasteiger partial charge in [-0.05, 0) is 37.0 Å². The van der Waals surface area contributed by atoms with Crippen LogP contribution in [0.25, 0.3) is 0 Å². The summed E-state index contributed by atoms with van der Waals surface area (Å²) < 4.78 is 0. The van der Waals surface area contributed by atoms with Gasteiger partial charge in [-0.1, -0.05) is 19.1 Å². The van der Waals surface area contributed by atoms with Gasteiger partial charge in [-0.25, -0.2) is 0 Å². The number of carbonyl (C=O) groups is 2. The van der Waals surface area contributed by atoms with Crippen molar-refractivity contribution in [1.29, 1.82) is 0 Å². The van der Waals surface area contributed by atoms with Gasteiger partial charge in [0.25, 0.3) is 0 Å². The molecule has 0 aromatic heterocycles. The molecule has 2 N–H and O–H groups in total. The summed E-state index contributed by atoms with van der Waals surface area (Å²) in [6.45, 7) is 2.13. The summed E-state index contributed by atoms with van der Waals surface area (Å²) in [7, 11) is 0. The molecule has 0 unspecified atom stereocenters. The lowest BCUT2D eigenvalue weighted by Gasteiger charge is -2.07. The van der Waals surface area contributed by atoms with E-state index in [2.05, 4.69) is 17.6 Å². The Balaban J connectivity index is 1.77. The van der Waals surface area contributed by atoms with Gasteiger partial charge in [0.05, 0.1) is 6.54 Å². The maximum absolute atomic E-state index is 11.6. The topological polar surface area (TPSA) is 58.2 Å². The van der Waals surface area contributed by atoms with E-state index in [1.807, 2.05) is 24.3 Å². The third-order valence-corrected chi connectivity index (χ3v) is 3.02. The zero-order valence-corrected chi connectivity index (χ0v) is 10.5. The summed E-state index contributed by atoms with van der Waals surface area (Å²) in [5.74, 6) is -0.0543. The third-order valence-electron chi connectivity index (χ3n) is 3.02. The fourth-order valence-electron chi connectivity index (χ4n) is 1.69. The zero-order chi connectivity index (χ0) is 13.0. The SMILES string of the molecule is CCc1ccc(NC(=O)CNC(=O)C2CC2)cc1. The van der Waals surface area contributed by atoms with Crippen LogP contribution in [-0.2, 0) is 16.0 Å². The van der Waals surface area contributed by atoms with Crippen LogP contribution < -0.4 is 10.6 Å². The highest BCUT2D eigenvalue weighted by Crippen LogP contribution is 2.28. The van der Waals surface area contributed by atoms with Crippen LogP contribution in [0.3, 0.4) is 0 Å². The second-order valence-corrected chi connectivity index (χ2v) is 4.59. The molecule has 2 amide bonds. The van der Waals surface area contributed by atoms with Crippen molar-refractivity contribution in [2.24, 2.45) is 5.92 Å². The van der Waals surface area contributed by atoms with Crippen LogP contribution in [-0.4, -0.2) is 18.4 Å². The van der Waals surface area contributed by atoms with E-state index in [1.165, 1.54) is 5.56 Å². The lowest BCUT2D eigenvalue weighted by molar-refractivity contribution is -0.125. The van der Waals surface area contributed by atoms with E-state index < -0.39 is 0 Å². The van der Waals surface area contributed by atoms with Crippen LogP contribution in [0, 0.1) is 5.92 Å². The van der Waals surface area contributed by atoms with E-state index in [4.69, 9.17) is 0 Å². The number of aryl methyl sites for hydroxylation is 1. The summed E-state index contributed by atoms with van der Waals surface area (Å²) >= 11 is 0. The molecule has 0 bridgehead atoms. The van der Waals surface area contributed by atoms with Crippen LogP contribution in [0.1, 0.15) is 25.3 Å².